The van der Waals surface area contributed by atoms with Gasteiger partial charge in [0.05, 0.1) is 6.04 Å². The van der Waals surface area contributed by atoms with Crippen molar-refractivity contribution in [3.8, 4) is 11.4 Å². The SMILES string of the molecule is Cc1cc(=O)n(CC(=O)N[C@H]2CCc3ccccc32)c(-c2cccc(Cl)c2)n1. The van der Waals surface area contributed by atoms with E-state index >= 15 is 0 Å². The number of rotatable bonds is 4. The lowest BCUT2D eigenvalue weighted by Gasteiger charge is -2.17. The van der Waals surface area contributed by atoms with Crippen molar-refractivity contribution in [2.24, 2.45) is 0 Å². The smallest absolute Gasteiger partial charge is 0.254 e. The number of carbonyl (C=O) groups is 1. The highest BCUT2D eigenvalue weighted by Gasteiger charge is 2.24. The van der Waals surface area contributed by atoms with Crippen LogP contribution in [0.2, 0.25) is 5.02 Å². The van der Waals surface area contributed by atoms with Crippen LogP contribution in [-0.4, -0.2) is 15.5 Å². The van der Waals surface area contributed by atoms with Crippen LogP contribution in [0.25, 0.3) is 11.4 Å². The largest absolute Gasteiger partial charge is 0.348 e. The van der Waals surface area contributed by atoms with E-state index in [0.717, 1.165) is 18.4 Å². The van der Waals surface area contributed by atoms with Gasteiger partial charge in [0.25, 0.3) is 5.56 Å². The first-order valence-electron chi connectivity index (χ1n) is 9.23. The van der Waals surface area contributed by atoms with Gasteiger partial charge in [-0.05, 0) is 43.0 Å². The van der Waals surface area contributed by atoms with E-state index in [-0.39, 0.29) is 24.1 Å². The molecular weight excluding hydrogens is 374 g/mol. The molecule has 2 aromatic carbocycles. The first-order chi connectivity index (χ1) is 13.5. The predicted octanol–water partition coefficient (Wildman–Crippen LogP) is 3.68. The number of aryl methyl sites for hydroxylation is 2. The number of nitrogens with zero attached hydrogens (tertiary/aromatic N) is 2. The van der Waals surface area contributed by atoms with E-state index in [9.17, 15) is 9.59 Å². The number of halogens is 1. The molecule has 0 spiro atoms. The summed E-state index contributed by atoms with van der Waals surface area (Å²) in [7, 11) is 0. The number of aromatic nitrogens is 2. The van der Waals surface area contributed by atoms with Crippen LogP contribution < -0.4 is 10.9 Å². The van der Waals surface area contributed by atoms with Crippen LogP contribution >= 0.6 is 11.6 Å². The Kier molecular flexibility index (Phi) is 5.01. The summed E-state index contributed by atoms with van der Waals surface area (Å²) in [6.07, 6.45) is 1.81. The monoisotopic (exact) mass is 393 g/mol. The Morgan fingerprint density at radius 2 is 2.04 bits per heavy atom. The van der Waals surface area contributed by atoms with Crippen molar-refractivity contribution in [3.05, 3.63) is 86.8 Å². The third-order valence-corrected chi connectivity index (χ3v) is 5.22. The van der Waals surface area contributed by atoms with Crippen molar-refractivity contribution < 1.29 is 4.79 Å². The lowest BCUT2D eigenvalue weighted by molar-refractivity contribution is -0.122. The van der Waals surface area contributed by atoms with Gasteiger partial charge in [0.2, 0.25) is 5.91 Å². The number of hydrogen-bond donors (Lipinski definition) is 1. The van der Waals surface area contributed by atoms with E-state index < -0.39 is 0 Å². The molecule has 0 saturated carbocycles. The fourth-order valence-electron chi connectivity index (χ4n) is 3.71. The van der Waals surface area contributed by atoms with Gasteiger partial charge in [0.1, 0.15) is 12.4 Å². The molecular formula is C22H20ClN3O2. The first-order valence-corrected chi connectivity index (χ1v) is 9.60. The molecule has 4 rings (SSSR count). The summed E-state index contributed by atoms with van der Waals surface area (Å²) in [5, 5.41) is 3.61. The van der Waals surface area contributed by atoms with E-state index in [4.69, 9.17) is 11.6 Å². The molecule has 1 heterocycles. The van der Waals surface area contributed by atoms with E-state index in [2.05, 4.69) is 16.4 Å². The third kappa shape index (κ3) is 3.71. The van der Waals surface area contributed by atoms with E-state index in [1.807, 2.05) is 24.3 Å². The maximum absolute atomic E-state index is 12.7. The maximum atomic E-state index is 12.7. The van der Waals surface area contributed by atoms with Gasteiger partial charge < -0.3 is 5.32 Å². The summed E-state index contributed by atoms with van der Waals surface area (Å²) in [5.74, 6) is 0.229. The highest BCUT2D eigenvalue weighted by atomic mass is 35.5. The summed E-state index contributed by atoms with van der Waals surface area (Å²) >= 11 is 6.10. The number of fused-ring (bicyclic) bond motifs is 1. The standard InChI is InChI=1S/C22H20ClN3O2/c1-14-11-21(28)26(22(24-14)16-6-4-7-17(23)12-16)13-20(27)25-19-10-9-15-5-2-3-8-18(15)19/h2-8,11-12,19H,9-10,13H2,1H3,(H,25,27)/t19-/m0/s1. The van der Waals surface area contributed by atoms with Crippen molar-refractivity contribution >= 4 is 17.5 Å². The maximum Gasteiger partial charge on any atom is 0.254 e. The quantitative estimate of drug-likeness (QED) is 0.735. The van der Waals surface area contributed by atoms with Gasteiger partial charge in [-0.1, -0.05) is 48.0 Å². The Morgan fingerprint density at radius 3 is 2.86 bits per heavy atom. The molecule has 0 unspecified atom stereocenters. The number of carbonyl (C=O) groups excluding carboxylic acids is 1. The van der Waals surface area contributed by atoms with Gasteiger partial charge in [-0.3, -0.25) is 14.2 Å². The normalized spacial score (nSPS) is 15.3. The molecule has 28 heavy (non-hydrogen) atoms. The van der Waals surface area contributed by atoms with Crippen molar-refractivity contribution in [3.63, 3.8) is 0 Å². The summed E-state index contributed by atoms with van der Waals surface area (Å²) in [4.78, 5) is 29.8. The van der Waals surface area contributed by atoms with Crippen LogP contribution in [0.3, 0.4) is 0 Å². The zero-order chi connectivity index (χ0) is 19.7. The highest BCUT2D eigenvalue weighted by Crippen LogP contribution is 2.30. The number of amides is 1. The van der Waals surface area contributed by atoms with E-state index in [0.29, 0.717) is 22.1 Å². The van der Waals surface area contributed by atoms with Crippen LogP contribution in [0, 0.1) is 6.92 Å². The topological polar surface area (TPSA) is 64.0 Å². The van der Waals surface area contributed by atoms with Crippen molar-refractivity contribution in [2.75, 3.05) is 0 Å². The number of hydrogen-bond acceptors (Lipinski definition) is 3. The lowest BCUT2D eigenvalue weighted by atomic mass is 10.1. The Hall–Kier alpha value is -2.92. The van der Waals surface area contributed by atoms with Gasteiger partial charge in [-0.2, -0.15) is 0 Å². The average Bonchev–Trinajstić information content (AvgIpc) is 3.07. The second-order valence-electron chi connectivity index (χ2n) is 7.01. The van der Waals surface area contributed by atoms with Gasteiger partial charge in [0.15, 0.2) is 0 Å². The zero-order valence-electron chi connectivity index (χ0n) is 15.5. The minimum absolute atomic E-state index is 0.0209. The molecule has 1 amide bonds. The van der Waals surface area contributed by atoms with Gasteiger partial charge >= 0.3 is 0 Å². The predicted molar refractivity (Wildman–Crippen MR) is 109 cm³/mol. The molecule has 1 atom stereocenters. The summed E-state index contributed by atoms with van der Waals surface area (Å²) in [5.41, 5.74) is 3.46. The molecule has 0 saturated heterocycles. The van der Waals surface area contributed by atoms with Crippen molar-refractivity contribution in [2.45, 2.75) is 32.4 Å². The minimum Gasteiger partial charge on any atom is -0.348 e. The zero-order valence-corrected chi connectivity index (χ0v) is 16.2. The Morgan fingerprint density at radius 1 is 1.21 bits per heavy atom. The molecule has 6 heteroatoms. The minimum atomic E-state index is -0.260. The molecule has 1 aliphatic rings. The Balaban J connectivity index is 1.61. The summed E-state index contributed by atoms with van der Waals surface area (Å²) in [6, 6.07) is 16.7. The molecule has 1 aliphatic carbocycles. The average molecular weight is 394 g/mol. The Labute approximate surface area is 168 Å². The number of nitrogens with one attached hydrogen (secondary N) is 1. The molecule has 5 nitrogen and oxygen atoms in total. The first kappa shape index (κ1) is 18.4. The van der Waals surface area contributed by atoms with Gasteiger partial charge in [0, 0.05) is 22.3 Å². The van der Waals surface area contributed by atoms with Crippen LogP contribution in [0.4, 0.5) is 0 Å². The fraction of sp³-hybridized carbons (Fsp3) is 0.227. The van der Waals surface area contributed by atoms with E-state index in [1.165, 1.54) is 16.2 Å². The molecule has 0 bridgehead atoms. The number of benzene rings is 2. The van der Waals surface area contributed by atoms with Gasteiger partial charge in [-0.25, -0.2) is 4.98 Å². The molecule has 142 valence electrons. The molecule has 1 aromatic heterocycles. The second kappa shape index (κ2) is 7.60. The van der Waals surface area contributed by atoms with Crippen LogP contribution in [0.15, 0.2) is 59.4 Å². The van der Waals surface area contributed by atoms with E-state index in [1.54, 1.807) is 25.1 Å². The lowest BCUT2D eigenvalue weighted by Crippen LogP contribution is -2.35. The molecule has 1 N–H and O–H groups in total. The Bertz CT molecular complexity index is 1110. The molecule has 0 radical (unpaired) electrons. The highest BCUT2D eigenvalue weighted by molar-refractivity contribution is 6.30. The van der Waals surface area contributed by atoms with Crippen LogP contribution in [0.1, 0.15) is 29.3 Å². The fourth-order valence-corrected chi connectivity index (χ4v) is 3.90. The summed E-state index contributed by atoms with van der Waals surface area (Å²) < 4.78 is 1.40. The second-order valence-corrected chi connectivity index (χ2v) is 7.45. The van der Waals surface area contributed by atoms with Crippen molar-refractivity contribution in [1.82, 2.24) is 14.9 Å². The summed E-state index contributed by atoms with van der Waals surface area (Å²) in [6.45, 7) is 1.67. The molecule has 0 aliphatic heterocycles. The van der Waals surface area contributed by atoms with Crippen LogP contribution in [-0.2, 0) is 17.8 Å². The third-order valence-electron chi connectivity index (χ3n) is 4.99. The van der Waals surface area contributed by atoms with Crippen LogP contribution in [0.5, 0.6) is 0 Å². The molecule has 0 fully saturated rings. The van der Waals surface area contributed by atoms with Gasteiger partial charge in [-0.15, -0.1) is 0 Å². The molecule has 3 aromatic rings. The van der Waals surface area contributed by atoms with Crippen molar-refractivity contribution in [1.29, 1.82) is 0 Å².